The topological polar surface area (TPSA) is 108 Å². The van der Waals surface area contributed by atoms with E-state index in [0.29, 0.717) is 17.9 Å². The van der Waals surface area contributed by atoms with Crippen molar-refractivity contribution < 1.29 is 9.13 Å². The summed E-state index contributed by atoms with van der Waals surface area (Å²) < 4.78 is 20.7. The first-order valence-electron chi connectivity index (χ1n) is 14.8. The van der Waals surface area contributed by atoms with Crippen molar-refractivity contribution in [3.8, 4) is 39.5 Å². The van der Waals surface area contributed by atoms with Gasteiger partial charge in [0.15, 0.2) is 0 Å². The molecule has 0 bridgehead atoms. The Labute approximate surface area is 248 Å². The molecule has 0 unspecified atom stereocenters. The Morgan fingerprint density at radius 1 is 0.907 bits per heavy atom. The highest BCUT2D eigenvalue weighted by molar-refractivity contribution is 6.01. The minimum absolute atomic E-state index is 0.344. The van der Waals surface area contributed by atoms with Crippen LogP contribution in [0.25, 0.3) is 55.6 Å². The second-order valence-corrected chi connectivity index (χ2v) is 11.0. The Morgan fingerprint density at radius 2 is 1.79 bits per heavy atom. The van der Waals surface area contributed by atoms with Gasteiger partial charge in [-0.25, -0.2) is 4.39 Å². The summed E-state index contributed by atoms with van der Waals surface area (Å²) in [6.45, 7) is 7.30. The number of fused-ring (bicyclic) bond motifs is 2. The summed E-state index contributed by atoms with van der Waals surface area (Å²) in [5, 5.41) is 12.9. The maximum absolute atomic E-state index is 14.8. The third-order valence-electron chi connectivity index (χ3n) is 7.97. The predicted octanol–water partition coefficient (Wildman–Crippen LogP) is 5.95. The molecule has 0 spiro atoms. The van der Waals surface area contributed by atoms with Crippen LogP contribution in [0.15, 0.2) is 67.4 Å². The third-order valence-corrected chi connectivity index (χ3v) is 7.97. The molecule has 218 valence electrons. The summed E-state index contributed by atoms with van der Waals surface area (Å²) in [5.74, 6) is 0.174. The fourth-order valence-electron chi connectivity index (χ4n) is 5.78. The molecule has 0 amide bonds. The van der Waals surface area contributed by atoms with Gasteiger partial charge in [-0.3, -0.25) is 25.0 Å². The zero-order valence-electron chi connectivity index (χ0n) is 24.0. The lowest BCUT2D eigenvalue weighted by Crippen LogP contribution is -2.25. The molecule has 0 aliphatic carbocycles. The number of hydrogen-bond acceptors (Lipinski definition) is 7. The van der Waals surface area contributed by atoms with Crippen LogP contribution >= 0.6 is 0 Å². The largest absolute Gasteiger partial charge is 0.492 e. The average molecular weight is 577 g/mol. The first-order valence-corrected chi connectivity index (χ1v) is 14.8. The molecular formula is C33H33FN8O. The van der Waals surface area contributed by atoms with Gasteiger partial charge in [-0.15, -0.1) is 0 Å². The van der Waals surface area contributed by atoms with Crippen molar-refractivity contribution in [1.29, 1.82) is 0 Å². The number of nitrogens with zero attached hydrogens (tertiary/aromatic N) is 5. The van der Waals surface area contributed by atoms with Gasteiger partial charge < -0.3 is 15.0 Å². The highest BCUT2D eigenvalue weighted by Crippen LogP contribution is 2.35. The molecule has 5 aromatic heterocycles. The van der Waals surface area contributed by atoms with Crippen LogP contribution in [0.4, 0.5) is 4.39 Å². The molecule has 9 nitrogen and oxygen atoms in total. The number of pyridine rings is 3. The van der Waals surface area contributed by atoms with E-state index in [2.05, 4.69) is 53.3 Å². The number of nitrogens with one attached hydrogen (secondary N) is 3. The summed E-state index contributed by atoms with van der Waals surface area (Å²) in [6, 6.07) is 11.0. The van der Waals surface area contributed by atoms with E-state index in [0.717, 1.165) is 88.3 Å². The summed E-state index contributed by atoms with van der Waals surface area (Å²) in [6.07, 6.45) is 11.5. The van der Waals surface area contributed by atoms with Crippen molar-refractivity contribution >= 4 is 21.8 Å². The van der Waals surface area contributed by atoms with Crippen molar-refractivity contribution in [2.24, 2.45) is 0 Å². The van der Waals surface area contributed by atoms with Gasteiger partial charge in [0.05, 0.1) is 34.8 Å². The summed E-state index contributed by atoms with van der Waals surface area (Å²) in [7, 11) is 0. The van der Waals surface area contributed by atoms with E-state index >= 15 is 0 Å². The number of rotatable bonds is 10. The zero-order valence-corrected chi connectivity index (χ0v) is 24.0. The molecule has 7 rings (SSSR count). The molecule has 1 fully saturated rings. The van der Waals surface area contributed by atoms with E-state index in [1.807, 2.05) is 30.6 Å². The van der Waals surface area contributed by atoms with Gasteiger partial charge in [0.1, 0.15) is 23.9 Å². The lowest BCUT2D eigenvalue weighted by atomic mass is 10.0. The van der Waals surface area contributed by atoms with Crippen LogP contribution in [0, 0.1) is 5.82 Å². The average Bonchev–Trinajstić information content (AvgIpc) is 3.79. The molecule has 1 saturated heterocycles. The van der Waals surface area contributed by atoms with Gasteiger partial charge in [0.25, 0.3) is 0 Å². The van der Waals surface area contributed by atoms with Gasteiger partial charge in [-0.05, 0) is 73.9 Å². The number of ether oxygens (including phenoxy) is 1. The number of likely N-dealkylation sites (tertiary alicyclic amines) is 1. The Hall–Kier alpha value is -4.67. The van der Waals surface area contributed by atoms with E-state index in [9.17, 15) is 4.39 Å². The molecule has 0 radical (unpaired) electrons. The Kier molecular flexibility index (Phi) is 7.53. The third kappa shape index (κ3) is 5.71. The van der Waals surface area contributed by atoms with E-state index in [1.165, 1.54) is 25.0 Å². The van der Waals surface area contributed by atoms with Crippen LogP contribution in [-0.2, 0) is 6.54 Å². The predicted molar refractivity (Wildman–Crippen MR) is 166 cm³/mol. The number of benzene rings is 1. The molecule has 1 aliphatic heterocycles. The molecule has 6 heterocycles. The second-order valence-electron chi connectivity index (χ2n) is 11.0. The quantitative estimate of drug-likeness (QED) is 0.185. The highest BCUT2D eigenvalue weighted by Gasteiger charge is 2.17. The SMILES string of the molecule is CCNCc1cncc(-c2cc3c(-c4cc5c(-c6cc(F)cc(OCCN7CCCC7)c6)cncc5[nH]4)n[nH]c3cn2)c1. The molecule has 3 N–H and O–H groups in total. The number of aromatic nitrogens is 6. The molecule has 0 saturated carbocycles. The standard InChI is InChI=1S/C33H33FN8O/c1-2-35-15-21-9-23(17-36-16-21)29-14-27-32(20-38-29)40-41-33(27)30-13-26-28(18-37-19-31(26)39-30)22-10-24(34)12-25(11-22)43-8-7-42-5-3-4-6-42/h9-14,16-20,35,39H,2-8,15H2,1H3,(H,40,41). The first kappa shape index (κ1) is 27.2. The van der Waals surface area contributed by atoms with Crippen LogP contribution in [0.1, 0.15) is 25.3 Å². The first-order chi connectivity index (χ1) is 21.1. The monoisotopic (exact) mass is 576 g/mol. The smallest absolute Gasteiger partial charge is 0.127 e. The minimum atomic E-state index is -0.344. The van der Waals surface area contributed by atoms with E-state index < -0.39 is 0 Å². The Bertz CT molecular complexity index is 1890. The van der Waals surface area contributed by atoms with Crippen LogP contribution in [-0.4, -0.2) is 67.8 Å². The van der Waals surface area contributed by atoms with Crippen LogP contribution < -0.4 is 10.1 Å². The van der Waals surface area contributed by atoms with E-state index in [4.69, 9.17) is 4.74 Å². The fraction of sp³-hybridized carbons (Fsp3) is 0.273. The normalized spacial score (nSPS) is 13.8. The number of aromatic amines is 2. The molecule has 43 heavy (non-hydrogen) atoms. The molecule has 0 atom stereocenters. The van der Waals surface area contributed by atoms with E-state index in [-0.39, 0.29) is 5.82 Å². The summed E-state index contributed by atoms with van der Waals surface area (Å²) in [4.78, 5) is 19.4. The maximum Gasteiger partial charge on any atom is 0.127 e. The van der Waals surface area contributed by atoms with Gasteiger partial charge >= 0.3 is 0 Å². The van der Waals surface area contributed by atoms with Crippen LogP contribution in [0.5, 0.6) is 5.75 Å². The Balaban J connectivity index is 1.20. The second kappa shape index (κ2) is 11.9. The molecular weight excluding hydrogens is 543 g/mol. The highest BCUT2D eigenvalue weighted by atomic mass is 19.1. The van der Waals surface area contributed by atoms with Crippen molar-refractivity contribution in [3.63, 3.8) is 0 Å². The maximum atomic E-state index is 14.8. The lowest BCUT2D eigenvalue weighted by molar-refractivity contribution is 0.237. The number of halogens is 1. The van der Waals surface area contributed by atoms with Crippen LogP contribution in [0.2, 0.25) is 0 Å². The molecule has 10 heteroatoms. The zero-order chi connectivity index (χ0) is 29.2. The molecule has 1 aliphatic rings. The van der Waals surface area contributed by atoms with Crippen LogP contribution in [0.3, 0.4) is 0 Å². The summed E-state index contributed by atoms with van der Waals surface area (Å²) in [5.41, 5.74) is 7.63. The van der Waals surface area contributed by atoms with Crippen molar-refractivity contribution in [2.75, 3.05) is 32.8 Å². The Morgan fingerprint density at radius 3 is 2.67 bits per heavy atom. The van der Waals surface area contributed by atoms with Gasteiger partial charge in [-0.1, -0.05) is 6.92 Å². The number of hydrogen-bond donors (Lipinski definition) is 3. The molecule has 6 aromatic rings. The molecule has 1 aromatic carbocycles. The van der Waals surface area contributed by atoms with Crippen molar-refractivity contribution in [3.05, 3.63) is 78.8 Å². The van der Waals surface area contributed by atoms with Gasteiger partial charge in [0.2, 0.25) is 0 Å². The van der Waals surface area contributed by atoms with Gasteiger partial charge in [-0.2, -0.15) is 5.10 Å². The number of H-pyrrole nitrogens is 2. The van der Waals surface area contributed by atoms with Crippen molar-refractivity contribution in [1.82, 2.24) is 40.3 Å². The fourth-order valence-corrected chi connectivity index (χ4v) is 5.78. The van der Waals surface area contributed by atoms with Gasteiger partial charge in [0, 0.05) is 59.6 Å². The minimum Gasteiger partial charge on any atom is -0.492 e. The summed E-state index contributed by atoms with van der Waals surface area (Å²) >= 11 is 0. The lowest BCUT2D eigenvalue weighted by Gasteiger charge is -2.15. The van der Waals surface area contributed by atoms with Crippen molar-refractivity contribution in [2.45, 2.75) is 26.3 Å². The van der Waals surface area contributed by atoms with E-state index in [1.54, 1.807) is 18.6 Å².